The molecule has 0 saturated carbocycles. The van der Waals surface area contributed by atoms with E-state index in [9.17, 15) is 0 Å². The maximum Gasteiger partial charge on any atom is 0.191 e. The van der Waals surface area contributed by atoms with Crippen LogP contribution in [0.3, 0.4) is 0 Å². The fourth-order valence-corrected chi connectivity index (χ4v) is 1.85. The quantitative estimate of drug-likeness (QED) is 0.851. The Morgan fingerprint density at radius 2 is 2.28 bits per heavy atom. The van der Waals surface area contributed by atoms with Crippen molar-refractivity contribution in [1.82, 2.24) is 10.6 Å². The zero-order chi connectivity index (χ0) is 13.0. The highest BCUT2D eigenvalue weighted by Gasteiger charge is 2.13. The summed E-state index contributed by atoms with van der Waals surface area (Å²) in [5.74, 6) is 1.82. The summed E-state index contributed by atoms with van der Waals surface area (Å²) < 4.78 is 5.89. The fraction of sp³-hybridized carbons (Fsp3) is 0.500. The highest BCUT2D eigenvalue weighted by molar-refractivity contribution is 5.81. The summed E-state index contributed by atoms with van der Waals surface area (Å²) in [6.45, 7) is 7.81. The van der Waals surface area contributed by atoms with Crippen molar-refractivity contribution in [2.45, 2.75) is 32.9 Å². The molecular weight excluding hydrogens is 226 g/mol. The van der Waals surface area contributed by atoms with Gasteiger partial charge in [0.2, 0.25) is 0 Å². The lowest BCUT2D eigenvalue weighted by Gasteiger charge is -2.17. The van der Waals surface area contributed by atoms with Crippen molar-refractivity contribution < 1.29 is 4.74 Å². The minimum atomic E-state index is 0.103. The van der Waals surface area contributed by atoms with Crippen LogP contribution in [-0.2, 0) is 0 Å². The Kier molecular flexibility index (Phi) is 4.07. The number of benzene rings is 1. The van der Waals surface area contributed by atoms with E-state index in [1.165, 1.54) is 0 Å². The van der Waals surface area contributed by atoms with Gasteiger partial charge in [0, 0.05) is 6.04 Å². The number of aliphatic imine (C=N–C) groups is 1. The minimum Gasteiger partial charge on any atom is -0.489 e. The van der Waals surface area contributed by atoms with E-state index in [1.807, 2.05) is 18.2 Å². The van der Waals surface area contributed by atoms with Crippen LogP contribution in [0.25, 0.3) is 0 Å². The third kappa shape index (κ3) is 3.39. The zero-order valence-electron chi connectivity index (χ0n) is 11.2. The molecule has 2 atom stereocenters. The van der Waals surface area contributed by atoms with Crippen molar-refractivity contribution in [3.63, 3.8) is 0 Å². The van der Waals surface area contributed by atoms with E-state index in [1.54, 1.807) is 0 Å². The lowest BCUT2D eigenvalue weighted by atomic mass is 10.2. The summed E-state index contributed by atoms with van der Waals surface area (Å²) in [7, 11) is 0. The second-order valence-corrected chi connectivity index (χ2v) is 4.81. The molecule has 4 nitrogen and oxygen atoms in total. The lowest BCUT2D eigenvalue weighted by molar-refractivity contribution is 0.222. The second kappa shape index (κ2) is 5.76. The van der Waals surface area contributed by atoms with E-state index >= 15 is 0 Å². The van der Waals surface area contributed by atoms with Gasteiger partial charge in [-0.3, -0.25) is 4.99 Å². The van der Waals surface area contributed by atoms with Crippen LogP contribution < -0.4 is 15.4 Å². The first-order valence-corrected chi connectivity index (χ1v) is 6.42. The van der Waals surface area contributed by atoms with Crippen LogP contribution in [0.15, 0.2) is 29.3 Å². The number of hydrogen-bond acceptors (Lipinski definition) is 4. The number of nitrogens with one attached hydrogen (secondary N) is 2. The molecule has 1 aromatic carbocycles. The highest BCUT2D eigenvalue weighted by Crippen LogP contribution is 2.17. The molecule has 0 saturated heterocycles. The van der Waals surface area contributed by atoms with E-state index in [2.05, 4.69) is 42.5 Å². The molecule has 4 heteroatoms. The molecule has 0 spiro atoms. The van der Waals surface area contributed by atoms with Crippen molar-refractivity contribution in [1.29, 1.82) is 0 Å². The zero-order valence-corrected chi connectivity index (χ0v) is 11.2. The Hall–Kier alpha value is -1.71. The van der Waals surface area contributed by atoms with Gasteiger partial charge < -0.3 is 15.4 Å². The van der Waals surface area contributed by atoms with Gasteiger partial charge in [-0.1, -0.05) is 18.2 Å². The van der Waals surface area contributed by atoms with Gasteiger partial charge >= 0.3 is 0 Å². The van der Waals surface area contributed by atoms with Crippen LogP contribution >= 0.6 is 0 Å². The van der Waals surface area contributed by atoms with Gasteiger partial charge in [-0.05, 0) is 32.4 Å². The first-order chi connectivity index (χ1) is 8.65. The molecule has 1 aliphatic heterocycles. The Balaban J connectivity index is 1.79. The second-order valence-electron chi connectivity index (χ2n) is 4.81. The van der Waals surface area contributed by atoms with Crippen molar-refractivity contribution in [3.8, 4) is 5.75 Å². The molecule has 1 heterocycles. The number of guanidine groups is 1. The van der Waals surface area contributed by atoms with Crippen molar-refractivity contribution in [2.75, 3.05) is 13.1 Å². The Morgan fingerprint density at radius 1 is 1.50 bits per heavy atom. The van der Waals surface area contributed by atoms with E-state index in [0.29, 0.717) is 6.04 Å². The Morgan fingerprint density at radius 3 is 2.94 bits per heavy atom. The Bertz CT molecular complexity index is 431. The number of hydrogen-bond donors (Lipinski definition) is 2. The minimum absolute atomic E-state index is 0.103. The normalized spacial score (nSPS) is 19.9. The number of aryl methyl sites for hydroxylation is 1. The molecule has 0 fully saturated rings. The summed E-state index contributed by atoms with van der Waals surface area (Å²) in [6, 6.07) is 8.50. The molecule has 0 aromatic heterocycles. The number of nitrogens with zero attached hydrogens (tertiary/aromatic N) is 1. The van der Waals surface area contributed by atoms with Gasteiger partial charge in [0.1, 0.15) is 11.9 Å². The van der Waals surface area contributed by atoms with Crippen LogP contribution in [0, 0.1) is 6.92 Å². The largest absolute Gasteiger partial charge is 0.489 e. The molecule has 2 unspecified atom stereocenters. The summed E-state index contributed by atoms with van der Waals surface area (Å²) in [5, 5.41) is 6.53. The van der Waals surface area contributed by atoms with E-state index < -0.39 is 0 Å². The topological polar surface area (TPSA) is 45.6 Å². The van der Waals surface area contributed by atoms with Crippen molar-refractivity contribution >= 4 is 5.96 Å². The first-order valence-electron chi connectivity index (χ1n) is 6.42. The maximum atomic E-state index is 5.89. The number of ether oxygens (including phenoxy) is 1. The van der Waals surface area contributed by atoms with Gasteiger partial charge in [0.25, 0.3) is 0 Å². The van der Waals surface area contributed by atoms with Crippen LogP contribution in [0.4, 0.5) is 0 Å². The summed E-state index contributed by atoms with van der Waals surface area (Å²) in [4.78, 5) is 4.35. The van der Waals surface area contributed by atoms with Gasteiger partial charge in [0.15, 0.2) is 5.96 Å². The van der Waals surface area contributed by atoms with Gasteiger partial charge in [-0.2, -0.15) is 0 Å². The summed E-state index contributed by atoms with van der Waals surface area (Å²) >= 11 is 0. The molecule has 0 aliphatic carbocycles. The Labute approximate surface area is 108 Å². The SMILES string of the molecule is Cc1ccccc1OC(C)CNC1=NCC(C)N1. The van der Waals surface area contributed by atoms with E-state index in [-0.39, 0.29) is 6.10 Å². The molecule has 2 rings (SSSR count). The molecule has 0 radical (unpaired) electrons. The standard InChI is InChI=1S/C14H21N3O/c1-10-6-4-5-7-13(10)18-12(3)9-16-14-15-8-11(2)17-14/h4-7,11-12H,8-9H2,1-3H3,(H2,15,16,17). The van der Waals surface area contributed by atoms with Crippen LogP contribution in [-0.4, -0.2) is 31.2 Å². The predicted molar refractivity (Wildman–Crippen MR) is 74.2 cm³/mol. The number of rotatable bonds is 4. The van der Waals surface area contributed by atoms with Crippen LogP contribution in [0.1, 0.15) is 19.4 Å². The van der Waals surface area contributed by atoms with Gasteiger partial charge in [-0.15, -0.1) is 0 Å². The van der Waals surface area contributed by atoms with Crippen molar-refractivity contribution in [2.24, 2.45) is 4.99 Å². The monoisotopic (exact) mass is 247 g/mol. The number of para-hydroxylation sites is 1. The third-order valence-electron chi connectivity index (χ3n) is 2.89. The van der Waals surface area contributed by atoms with Gasteiger partial charge in [0.05, 0.1) is 13.1 Å². The molecule has 0 bridgehead atoms. The molecule has 98 valence electrons. The summed E-state index contributed by atoms with van der Waals surface area (Å²) in [6.07, 6.45) is 0.103. The third-order valence-corrected chi connectivity index (χ3v) is 2.89. The maximum absolute atomic E-state index is 5.89. The summed E-state index contributed by atoms with van der Waals surface area (Å²) in [5.41, 5.74) is 1.16. The molecule has 1 aliphatic rings. The highest BCUT2D eigenvalue weighted by atomic mass is 16.5. The molecule has 0 amide bonds. The first kappa shape index (κ1) is 12.7. The average molecular weight is 247 g/mol. The average Bonchev–Trinajstić information content (AvgIpc) is 2.76. The lowest BCUT2D eigenvalue weighted by Crippen LogP contribution is -2.41. The predicted octanol–water partition coefficient (Wildman–Crippen LogP) is 1.70. The van der Waals surface area contributed by atoms with E-state index in [0.717, 1.165) is 30.4 Å². The smallest absolute Gasteiger partial charge is 0.191 e. The van der Waals surface area contributed by atoms with Crippen molar-refractivity contribution in [3.05, 3.63) is 29.8 Å². The van der Waals surface area contributed by atoms with Crippen LogP contribution in [0.2, 0.25) is 0 Å². The molecule has 18 heavy (non-hydrogen) atoms. The van der Waals surface area contributed by atoms with Gasteiger partial charge in [-0.25, -0.2) is 0 Å². The molecule has 1 aromatic rings. The molecule has 2 N–H and O–H groups in total. The van der Waals surface area contributed by atoms with Crippen LogP contribution in [0.5, 0.6) is 5.75 Å². The van der Waals surface area contributed by atoms with E-state index in [4.69, 9.17) is 4.74 Å². The molecular formula is C14H21N3O. The fourth-order valence-electron chi connectivity index (χ4n) is 1.85.